The van der Waals surface area contributed by atoms with Crippen LogP contribution in [0.4, 0.5) is 4.39 Å². The van der Waals surface area contributed by atoms with Crippen LogP contribution in [0, 0.1) is 11.7 Å². The van der Waals surface area contributed by atoms with Gasteiger partial charge in [0.15, 0.2) is 0 Å². The molecule has 0 radical (unpaired) electrons. The predicted octanol–water partition coefficient (Wildman–Crippen LogP) is 7.99. The fraction of sp³-hybridized carbons (Fsp3) is 0.321. The summed E-state index contributed by atoms with van der Waals surface area (Å²) in [5, 5.41) is 0. The van der Waals surface area contributed by atoms with Gasteiger partial charge in [0.05, 0.1) is 11.4 Å². The zero-order valence-electron chi connectivity index (χ0n) is 18.8. The van der Waals surface area contributed by atoms with Crippen LogP contribution in [0.25, 0.3) is 28.3 Å². The van der Waals surface area contributed by atoms with Crippen molar-refractivity contribution in [2.24, 2.45) is 5.92 Å². The van der Waals surface area contributed by atoms with E-state index in [-0.39, 0.29) is 17.2 Å². The molecule has 0 fully saturated rings. The average Bonchev–Trinajstić information content (AvgIpc) is 2.93. The summed E-state index contributed by atoms with van der Waals surface area (Å²) in [6, 6.07) is 15.5. The molecule has 0 atom stereocenters. The van der Waals surface area contributed by atoms with Crippen LogP contribution in [0.15, 0.2) is 54.6 Å². The van der Waals surface area contributed by atoms with Gasteiger partial charge in [-0.15, -0.1) is 0 Å². The number of fused-ring (bicyclic) bond motifs is 3. The highest BCUT2D eigenvalue weighted by molar-refractivity contribution is 5.96. The fourth-order valence-electron chi connectivity index (χ4n) is 4.52. The van der Waals surface area contributed by atoms with Crippen molar-refractivity contribution in [1.29, 1.82) is 0 Å². The van der Waals surface area contributed by atoms with Gasteiger partial charge >= 0.3 is 0 Å². The zero-order chi connectivity index (χ0) is 21.6. The number of halogens is 1. The first-order valence-corrected chi connectivity index (χ1v) is 10.8. The van der Waals surface area contributed by atoms with Crippen molar-refractivity contribution in [1.82, 2.24) is 4.98 Å². The second-order valence-corrected chi connectivity index (χ2v) is 9.44. The van der Waals surface area contributed by atoms with E-state index < -0.39 is 0 Å². The van der Waals surface area contributed by atoms with Crippen molar-refractivity contribution in [2.75, 3.05) is 0 Å². The van der Waals surface area contributed by atoms with Gasteiger partial charge in [-0.3, -0.25) is 4.98 Å². The molecule has 3 aromatic rings. The molecule has 0 aliphatic heterocycles. The molecule has 1 aromatic heterocycles. The number of hydrogen-bond acceptors (Lipinski definition) is 1. The maximum Gasteiger partial charge on any atom is 0.123 e. The molecule has 154 valence electrons. The van der Waals surface area contributed by atoms with E-state index >= 15 is 0 Å². The van der Waals surface area contributed by atoms with Crippen LogP contribution in [0.3, 0.4) is 0 Å². The molecule has 1 heterocycles. The van der Waals surface area contributed by atoms with E-state index in [4.69, 9.17) is 4.98 Å². The summed E-state index contributed by atoms with van der Waals surface area (Å²) in [4.78, 5) is 5.28. The van der Waals surface area contributed by atoms with E-state index in [0.717, 1.165) is 22.5 Å². The number of hydrogen-bond donors (Lipinski definition) is 0. The van der Waals surface area contributed by atoms with Crippen LogP contribution in [0.1, 0.15) is 70.0 Å². The first-order chi connectivity index (χ1) is 14.2. The average molecular weight is 400 g/mol. The van der Waals surface area contributed by atoms with Crippen molar-refractivity contribution < 1.29 is 4.39 Å². The lowest BCUT2D eigenvalue weighted by atomic mass is 9.83. The minimum atomic E-state index is -0.214. The first-order valence-electron chi connectivity index (χ1n) is 10.8. The number of aromatic nitrogens is 1. The van der Waals surface area contributed by atoms with Gasteiger partial charge in [-0.1, -0.05) is 90.1 Å². The van der Waals surface area contributed by atoms with Crippen LogP contribution < -0.4 is 0 Å². The van der Waals surface area contributed by atoms with E-state index in [0.29, 0.717) is 5.92 Å². The topological polar surface area (TPSA) is 12.9 Å². The van der Waals surface area contributed by atoms with Crippen molar-refractivity contribution >= 4 is 6.08 Å². The second-order valence-electron chi connectivity index (χ2n) is 9.44. The van der Waals surface area contributed by atoms with E-state index in [9.17, 15) is 4.39 Å². The number of pyridine rings is 1. The molecular formula is C28H30FN. The van der Waals surface area contributed by atoms with Gasteiger partial charge in [-0.25, -0.2) is 4.39 Å². The predicted molar refractivity (Wildman–Crippen MR) is 125 cm³/mol. The molecule has 1 aliphatic rings. The quantitative estimate of drug-likeness (QED) is 0.433. The molecule has 0 unspecified atom stereocenters. The molecule has 4 rings (SSSR count). The lowest BCUT2D eigenvalue weighted by molar-refractivity contribution is 0.627. The monoisotopic (exact) mass is 399 g/mol. The molecule has 1 nitrogen and oxygen atoms in total. The fourth-order valence-corrected chi connectivity index (χ4v) is 4.52. The van der Waals surface area contributed by atoms with E-state index in [1.165, 1.54) is 22.3 Å². The molecule has 0 saturated carbocycles. The Balaban J connectivity index is 2.16. The maximum atomic E-state index is 13.8. The number of allylic oxidation sites excluding steroid dienone is 1. The summed E-state index contributed by atoms with van der Waals surface area (Å²) in [6.07, 6.45) is 4.45. The van der Waals surface area contributed by atoms with E-state index in [2.05, 4.69) is 78.0 Å². The first kappa shape index (κ1) is 20.5. The van der Waals surface area contributed by atoms with Gasteiger partial charge in [-0.2, -0.15) is 0 Å². The molecule has 0 bridgehead atoms. The maximum absolute atomic E-state index is 13.8. The highest BCUT2D eigenvalue weighted by Crippen LogP contribution is 2.53. The molecule has 0 saturated heterocycles. The largest absolute Gasteiger partial charge is 0.255 e. The molecule has 30 heavy (non-hydrogen) atoms. The Hall–Kier alpha value is -2.74. The molecule has 2 heteroatoms. The Morgan fingerprint density at radius 3 is 2.20 bits per heavy atom. The smallest absolute Gasteiger partial charge is 0.123 e. The normalized spacial score (nSPS) is 14.6. The molecule has 0 amide bonds. The third kappa shape index (κ3) is 3.29. The number of rotatable bonds is 4. The molecule has 2 aromatic carbocycles. The summed E-state index contributed by atoms with van der Waals surface area (Å²) in [6.45, 7) is 13.3. The zero-order valence-corrected chi connectivity index (χ0v) is 18.8. The van der Waals surface area contributed by atoms with Crippen molar-refractivity contribution in [3.8, 4) is 22.3 Å². The molecular weight excluding hydrogens is 369 g/mol. The van der Waals surface area contributed by atoms with Crippen molar-refractivity contribution in [2.45, 2.75) is 52.9 Å². The number of benzene rings is 2. The molecule has 1 aliphatic carbocycles. The Bertz CT molecular complexity index is 1120. The van der Waals surface area contributed by atoms with E-state index in [1.807, 2.05) is 12.1 Å². The minimum absolute atomic E-state index is 0.176. The van der Waals surface area contributed by atoms with Gasteiger partial charge in [-0.05, 0) is 40.7 Å². The summed E-state index contributed by atoms with van der Waals surface area (Å²) < 4.78 is 13.8. The van der Waals surface area contributed by atoms with Gasteiger partial charge in [0.2, 0.25) is 0 Å². The van der Waals surface area contributed by atoms with Crippen LogP contribution in [0.5, 0.6) is 0 Å². The van der Waals surface area contributed by atoms with E-state index in [1.54, 1.807) is 12.1 Å². The summed E-state index contributed by atoms with van der Waals surface area (Å²) in [5.41, 5.74) is 9.12. The SMILES string of the molecule is CC(C)/C=C/c1c(C(C)C)nc2c(c1-c1ccc(F)cc1)-c1ccccc1C2(C)C. The van der Waals surface area contributed by atoms with Gasteiger partial charge in [0, 0.05) is 22.1 Å². The van der Waals surface area contributed by atoms with Crippen LogP contribution >= 0.6 is 0 Å². The minimum Gasteiger partial charge on any atom is -0.255 e. The van der Waals surface area contributed by atoms with Gasteiger partial charge in [0.1, 0.15) is 5.82 Å². The van der Waals surface area contributed by atoms with Gasteiger partial charge < -0.3 is 0 Å². The number of nitrogens with zero attached hydrogens (tertiary/aromatic N) is 1. The Labute approximate surface area is 179 Å². The Kier molecular flexibility index (Phi) is 5.13. The van der Waals surface area contributed by atoms with Crippen LogP contribution in [-0.4, -0.2) is 4.98 Å². The lowest BCUT2D eigenvalue weighted by Gasteiger charge is -2.24. The summed E-state index contributed by atoms with van der Waals surface area (Å²) in [7, 11) is 0. The lowest BCUT2D eigenvalue weighted by Crippen LogP contribution is -2.18. The van der Waals surface area contributed by atoms with Crippen LogP contribution in [-0.2, 0) is 5.41 Å². The summed E-state index contributed by atoms with van der Waals surface area (Å²) >= 11 is 0. The van der Waals surface area contributed by atoms with Crippen LogP contribution in [0.2, 0.25) is 0 Å². The molecule has 0 N–H and O–H groups in total. The Morgan fingerprint density at radius 2 is 1.57 bits per heavy atom. The van der Waals surface area contributed by atoms with Gasteiger partial charge in [0.25, 0.3) is 0 Å². The Morgan fingerprint density at radius 1 is 0.900 bits per heavy atom. The van der Waals surface area contributed by atoms with Crippen molar-refractivity contribution in [3.05, 3.63) is 82.9 Å². The third-order valence-electron chi connectivity index (χ3n) is 6.05. The molecule has 0 spiro atoms. The summed E-state index contributed by atoms with van der Waals surface area (Å²) in [5.74, 6) is 0.498. The second kappa shape index (κ2) is 7.50. The highest BCUT2D eigenvalue weighted by atomic mass is 19.1. The third-order valence-corrected chi connectivity index (χ3v) is 6.05. The van der Waals surface area contributed by atoms with Crippen molar-refractivity contribution in [3.63, 3.8) is 0 Å². The standard InChI is InChI=1S/C28H30FN/c1-17(2)11-16-22-24(19-12-14-20(29)15-13-19)25-21-9-7-8-10-23(21)28(5,6)27(25)30-26(22)18(3)4/h7-18H,1-6H3/b16-11+. The highest BCUT2D eigenvalue weighted by Gasteiger charge is 2.40.